The second-order valence-corrected chi connectivity index (χ2v) is 6.87. The van der Waals surface area contributed by atoms with Gasteiger partial charge in [-0.05, 0) is 19.1 Å². The molecule has 2 aromatic heterocycles. The van der Waals surface area contributed by atoms with Gasteiger partial charge in [0.1, 0.15) is 11.6 Å². The summed E-state index contributed by atoms with van der Waals surface area (Å²) in [6, 6.07) is 5.74. The highest BCUT2D eigenvalue weighted by Gasteiger charge is 2.25. The highest BCUT2D eigenvalue weighted by molar-refractivity contribution is 5.45. The summed E-state index contributed by atoms with van der Waals surface area (Å²) in [5.74, 6) is 1.74. The second kappa shape index (κ2) is 5.32. The van der Waals surface area contributed by atoms with Crippen molar-refractivity contribution in [3.8, 4) is 0 Å². The number of aliphatic hydroxyl groups excluding tert-OH is 1. The van der Waals surface area contributed by atoms with E-state index < -0.39 is 6.10 Å². The summed E-state index contributed by atoms with van der Waals surface area (Å²) in [5, 5.41) is 9.69. The lowest BCUT2D eigenvalue weighted by molar-refractivity contribution is 0.194. The molecule has 0 saturated carbocycles. The fourth-order valence-electron chi connectivity index (χ4n) is 2.53. The molecule has 1 aliphatic rings. The molecule has 116 valence electrons. The Balaban J connectivity index is 1.87. The molecule has 0 bridgehead atoms. The van der Waals surface area contributed by atoms with E-state index >= 15 is 0 Å². The second-order valence-electron chi connectivity index (χ2n) is 6.87. The van der Waals surface area contributed by atoms with Crippen LogP contribution in [0.3, 0.4) is 0 Å². The van der Waals surface area contributed by atoms with Crippen LogP contribution in [0.25, 0.3) is 0 Å². The van der Waals surface area contributed by atoms with Crippen LogP contribution in [0.5, 0.6) is 0 Å². The van der Waals surface area contributed by atoms with Gasteiger partial charge in [-0.1, -0.05) is 26.8 Å². The third-order valence-corrected chi connectivity index (χ3v) is 3.83. The van der Waals surface area contributed by atoms with Crippen LogP contribution in [0.4, 0.5) is 5.82 Å². The molecule has 0 fully saturated rings. The standard InChI is InChI=1S/C17H22N4O/c1-11(22)13-6-5-7-15(19-13)21-9-12-8-18-16(17(2,3)4)20-14(12)10-21/h5-8,11,22H,9-10H2,1-4H3. The topological polar surface area (TPSA) is 62.1 Å². The molecule has 0 aliphatic carbocycles. The van der Waals surface area contributed by atoms with E-state index in [1.54, 1.807) is 6.92 Å². The van der Waals surface area contributed by atoms with E-state index in [1.807, 2.05) is 24.4 Å². The Bertz CT molecular complexity index is 691. The van der Waals surface area contributed by atoms with E-state index in [-0.39, 0.29) is 5.41 Å². The van der Waals surface area contributed by atoms with Crippen LogP contribution in [0.2, 0.25) is 0 Å². The van der Waals surface area contributed by atoms with Crippen molar-refractivity contribution in [2.24, 2.45) is 0 Å². The van der Waals surface area contributed by atoms with Crippen LogP contribution in [0.15, 0.2) is 24.4 Å². The molecule has 1 N–H and O–H groups in total. The van der Waals surface area contributed by atoms with Crippen molar-refractivity contribution in [3.63, 3.8) is 0 Å². The Morgan fingerprint density at radius 3 is 2.64 bits per heavy atom. The Morgan fingerprint density at radius 2 is 1.95 bits per heavy atom. The predicted octanol–water partition coefficient (Wildman–Crippen LogP) is 2.74. The Labute approximate surface area is 131 Å². The quantitative estimate of drug-likeness (QED) is 0.923. The SMILES string of the molecule is CC(O)c1cccc(N2Cc3cnc(C(C)(C)C)nc3C2)n1. The summed E-state index contributed by atoms with van der Waals surface area (Å²) < 4.78 is 0. The molecule has 0 radical (unpaired) electrons. The number of rotatable bonds is 2. The van der Waals surface area contributed by atoms with Crippen LogP contribution in [-0.2, 0) is 18.5 Å². The largest absolute Gasteiger partial charge is 0.387 e. The average Bonchev–Trinajstić information content (AvgIpc) is 2.89. The number of aromatic nitrogens is 3. The minimum atomic E-state index is -0.558. The van der Waals surface area contributed by atoms with Gasteiger partial charge in [0.05, 0.1) is 24.0 Å². The molecule has 1 atom stereocenters. The van der Waals surface area contributed by atoms with Crippen molar-refractivity contribution in [2.45, 2.75) is 52.3 Å². The maximum Gasteiger partial charge on any atom is 0.133 e. The Kier molecular flexibility index (Phi) is 3.60. The lowest BCUT2D eigenvalue weighted by Gasteiger charge is -2.17. The van der Waals surface area contributed by atoms with E-state index in [0.29, 0.717) is 5.69 Å². The van der Waals surface area contributed by atoms with Crippen LogP contribution < -0.4 is 4.90 Å². The lowest BCUT2D eigenvalue weighted by atomic mass is 9.95. The van der Waals surface area contributed by atoms with E-state index in [4.69, 9.17) is 4.98 Å². The van der Waals surface area contributed by atoms with Crippen molar-refractivity contribution in [1.29, 1.82) is 0 Å². The predicted molar refractivity (Wildman–Crippen MR) is 85.5 cm³/mol. The molecule has 2 aromatic rings. The van der Waals surface area contributed by atoms with Gasteiger partial charge in [0.15, 0.2) is 0 Å². The van der Waals surface area contributed by atoms with Gasteiger partial charge < -0.3 is 10.0 Å². The number of fused-ring (bicyclic) bond motifs is 1. The summed E-state index contributed by atoms with van der Waals surface area (Å²) in [5.41, 5.74) is 2.86. The number of hydrogen-bond donors (Lipinski definition) is 1. The maximum atomic E-state index is 9.69. The molecule has 3 heterocycles. The summed E-state index contributed by atoms with van der Waals surface area (Å²) in [7, 11) is 0. The smallest absolute Gasteiger partial charge is 0.133 e. The van der Waals surface area contributed by atoms with Gasteiger partial charge >= 0.3 is 0 Å². The molecule has 0 amide bonds. The first kappa shape index (κ1) is 14.9. The number of hydrogen-bond acceptors (Lipinski definition) is 5. The minimum absolute atomic E-state index is 0.0487. The maximum absolute atomic E-state index is 9.69. The van der Waals surface area contributed by atoms with Gasteiger partial charge in [-0.3, -0.25) is 0 Å². The third kappa shape index (κ3) is 2.81. The summed E-state index contributed by atoms with van der Waals surface area (Å²) in [6.07, 6.45) is 1.37. The van der Waals surface area contributed by atoms with E-state index in [1.165, 1.54) is 0 Å². The monoisotopic (exact) mass is 298 g/mol. The van der Waals surface area contributed by atoms with Gasteiger partial charge in [-0.2, -0.15) is 0 Å². The zero-order valence-electron chi connectivity index (χ0n) is 13.5. The normalized spacial score (nSPS) is 15.8. The van der Waals surface area contributed by atoms with Gasteiger partial charge in [0, 0.05) is 23.7 Å². The van der Waals surface area contributed by atoms with E-state index in [0.717, 1.165) is 36.0 Å². The molecule has 0 spiro atoms. The molecule has 1 unspecified atom stereocenters. The van der Waals surface area contributed by atoms with E-state index in [9.17, 15) is 5.11 Å². The van der Waals surface area contributed by atoms with Crippen LogP contribution in [-0.4, -0.2) is 20.1 Å². The zero-order chi connectivity index (χ0) is 15.9. The Hall–Kier alpha value is -2.01. The van der Waals surface area contributed by atoms with Gasteiger partial charge in [0.25, 0.3) is 0 Å². The van der Waals surface area contributed by atoms with E-state index in [2.05, 4.69) is 35.6 Å². The van der Waals surface area contributed by atoms with Gasteiger partial charge in [-0.25, -0.2) is 15.0 Å². The molecule has 0 saturated heterocycles. The number of anilines is 1. The van der Waals surface area contributed by atoms with Crippen LogP contribution in [0.1, 0.15) is 56.6 Å². The molecular weight excluding hydrogens is 276 g/mol. The molecular formula is C17H22N4O. The molecule has 1 aliphatic heterocycles. The summed E-state index contributed by atoms with van der Waals surface area (Å²) >= 11 is 0. The van der Waals surface area contributed by atoms with Crippen LogP contribution >= 0.6 is 0 Å². The molecule has 0 aromatic carbocycles. The fourth-order valence-corrected chi connectivity index (χ4v) is 2.53. The fraction of sp³-hybridized carbons (Fsp3) is 0.471. The van der Waals surface area contributed by atoms with Crippen LogP contribution in [0, 0.1) is 0 Å². The molecule has 5 heteroatoms. The van der Waals surface area contributed by atoms with Crippen molar-refractivity contribution in [1.82, 2.24) is 15.0 Å². The molecule has 22 heavy (non-hydrogen) atoms. The van der Waals surface area contributed by atoms with Crippen molar-refractivity contribution in [3.05, 3.63) is 47.2 Å². The summed E-state index contributed by atoms with van der Waals surface area (Å²) in [6.45, 7) is 9.58. The average molecular weight is 298 g/mol. The first-order valence-corrected chi connectivity index (χ1v) is 7.60. The van der Waals surface area contributed by atoms with Gasteiger partial charge in [0.2, 0.25) is 0 Å². The molecule has 5 nitrogen and oxygen atoms in total. The first-order chi connectivity index (χ1) is 10.3. The molecule has 3 rings (SSSR count). The zero-order valence-corrected chi connectivity index (χ0v) is 13.5. The van der Waals surface area contributed by atoms with Crippen molar-refractivity contribution >= 4 is 5.82 Å². The summed E-state index contributed by atoms with van der Waals surface area (Å²) in [4.78, 5) is 15.9. The third-order valence-electron chi connectivity index (χ3n) is 3.83. The minimum Gasteiger partial charge on any atom is -0.387 e. The number of pyridine rings is 1. The number of aliphatic hydroxyl groups is 1. The van der Waals surface area contributed by atoms with Crippen molar-refractivity contribution in [2.75, 3.05) is 4.90 Å². The number of nitrogens with zero attached hydrogens (tertiary/aromatic N) is 4. The Morgan fingerprint density at radius 1 is 1.18 bits per heavy atom. The lowest BCUT2D eigenvalue weighted by Crippen LogP contribution is -2.18. The first-order valence-electron chi connectivity index (χ1n) is 7.60. The van der Waals surface area contributed by atoms with Gasteiger partial charge in [-0.15, -0.1) is 0 Å². The van der Waals surface area contributed by atoms with Crippen molar-refractivity contribution < 1.29 is 5.11 Å². The highest BCUT2D eigenvalue weighted by Crippen LogP contribution is 2.28. The highest BCUT2D eigenvalue weighted by atomic mass is 16.3.